The molecule has 0 aliphatic heterocycles. The number of hydrogen-bond acceptors (Lipinski definition) is 3. The van der Waals surface area contributed by atoms with Crippen molar-refractivity contribution < 1.29 is 18.0 Å². The van der Waals surface area contributed by atoms with E-state index in [0.29, 0.717) is 0 Å². The third-order valence-electron chi connectivity index (χ3n) is 2.51. The Labute approximate surface area is 112 Å². The second-order valence-corrected chi connectivity index (χ2v) is 4.00. The average molecular weight is 281 g/mol. The van der Waals surface area contributed by atoms with Crippen LogP contribution in [0.4, 0.5) is 24.7 Å². The Kier molecular flexibility index (Phi) is 3.60. The SMILES string of the molecule is Nc1cc(C(=O)Nc2ccc(C(F)(F)F)cc2)ccn1. The summed E-state index contributed by atoms with van der Waals surface area (Å²) in [5.74, 6) is -0.288. The number of aromatic nitrogens is 1. The van der Waals surface area contributed by atoms with Crippen LogP contribution in [-0.4, -0.2) is 10.9 Å². The average Bonchev–Trinajstić information content (AvgIpc) is 2.38. The number of alkyl halides is 3. The molecule has 0 aliphatic carbocycles. The molecule has 0 saturated carbocycles. The van der Waals surface area contributed by atoms with Crippen LogP contribution in [-0.2, 0) is 6.18 Å². The Bertz CT molecular complexity index is 624. The molecule has 1 amide bonds. The summed E-state index contributed by atoms with van der Waals surface area (Å²) in [4.78, 5) is 15.6. The fraction of sp³-hybridized carbons (Fsp3) is 0.0769. The van der Waals surface area contributed by atoms with Gasteiger partial charge in [0, 0.05) is 17.4 Å². The molecule has 1 aromatic carbocycles. The van der Waals surface area contributed by atoms with Gasteiger partial charge in [-0.05, 0) is 36.4 Å². The molecule has 3 N–H and O–H groups in total. The van der Waals surface area contributed by atoms with E-state index in [2.05, 4.69) is 10.3 Å². The lowest BCUT2D eigenvalue weighted by Gasteiger charge is -2.09. The van der Waals surface area contributed by atoms with Gasteiger partial charge in [0.15, 0.2) is 0 Å². The molecule has 1 aromatic heterocycles. The predicted molar refractivity (Wildman–Crippen MR) is 68.0 cm³/mol. The number of halogens is 3. The lowest BCUT2D eigenvalue weighted by molar-refractivity contribution is -0.137. The van der Waals surface area contributed by atoms with Crippen LogP contribution in [0.1, 0.15) is 15.9 Å². The van der Waals surface area contributed by atoms with Gasteiger partial charge in [-0.25, -0.2) is 4.98 Å². The highest BCUT2D eigenvalue weighted by molar-refractivity contribution is 6.04. The molecule has 0 saturated heterocycles. The van der Waals surface area contributed by atoms with Crippen LogP contribution in [0.25, 0.3) is 0 Å². The Morgan fingerprint density at radius 3 is 2.35 bits per heavy atom. The topological polar surface area (TPSA) is 68.0 Å². The van der Waals surface area contributed by atoms with Gasteiger partial charge < -0.3 is 11.1 Å². The van der Waals surface area contributed by atoms with E-state index in [9.17, 15) is 18.0 Å². The Morgan fingerprint density at radius 1 is 1.15 bits per heavy atom. The van der Waals surface area contributed by atoms with Gasteiger partial charge in [-0.15, -0.1) is 0 Å². The van der Waals surface area contributed by atoms with Crippen LogP contribution in [0.3, 0.4) is 0 Å². The molecule has 2 rings (SSSR count). The van der Waals surface area contributed by atoms with E-state index in [4.69, 9.17) is 5.73 Å². The minimum Gasteiger partial charge on any atom is -0.384 e. The van der Waals surface area contributed by atoms with Gasteiger partial charge in [-0.2, -0.15) is 13.2 Å². The summed E-state index contributed by atoms with van der Waals surface area (Å²) in [5.41, 5.74) is 5.20. The monoisotopic (exact) mass is 281 g/mol. The number of pyridine rings is 1. The van der Waals surface area contributed by atoms with Crippen LogP contribution in [0.2, 0.25) is 0 Å². The largest absolute Gasteiger partial charge is 0.416 e. The summed E-state index contributed by atoms with van der Waals surface area (Å²) >= 11 is 0. The molecule has 0 radical (unpaired) electrons. The van der Waals surface area contributed by atoms with E-state index in [1.807, 2.05) is 0 Å². The number of carbonyl (C=O) groups excluding carboxylic acids is 1. The molecule has 104 valence electrons. The third kappa shape index (κ3) is 3.25. The van der Waals surface area contributed by atoms with Crippen molar-refractivity contribution in [2.45, 2.75) is 6.18 Å². The molecule has 7 heteroatoms. The van der Waals surface area contributed by atoms with Crippen LogP contribution in [0.5, 0.6) is 0 Å². The molecule has 0 atom stereocenters. The highest BCUT2D eigenvalue weighted by Gasteiger charge is 2.29. The first-order valence-electron chi connectivity index (χ1n) is 5.56. The minimum absolute atomic E-state index is 0.185. The molecule has 2 aromatic rings. The normalized spacial score (nSPS) is 11.2. The van der Waals surface area contributed by atoms with Crippen molar-refractivity contribution in [1.82, 2.24) is 4.98 Å². The smallest absolute Gasteiger partial charge is 0.384 e. The van der Waals surface area contributed by atoms with Crippen molar-refractivity contribution in [3.8, 4) is 0 Å². The Hall–Kier alpha value is -2.57. The zero-order valence-electron chi connectivity index (χ0n) is 10.1. The number of hydrogen-bond donors (Lipinski definition) is 2. The first kappa shape index (κ1) is 13.9. The van der Waals surface area contributed by atoms with Crippen molar-refractivity contribution in [1.29, 1.82) is 0 Å². The molecule has 1 heterocycles. The number of carbonyl (C=O) groups is 1. The second-order valence-electron chi connectivity index (χ2n) is 4.00. The maximum atomic E-state index is 12.4. The quantitative estimate of drug-likeness (QED) is 0.889. The van der Waals surface area contributed by atoms with Crippen LogP contribution in [0.15, 0.2) is 42.6 Å². The molecule has 0 aliphatic rings. The fourth-order valence-electron chi connectivity index (χ4n) is 1.54. The van der Waals surface area contributed by atoms with Crippen molar-refractivity contribution in [3.05, 3.63) is 53.7 Å². The summed E-state index contributed by atoms with van der Waals surface area (Å²) in [6, 6.07) is 7.00. The van der Waals surface area contributed by atoms with E-state index in [-0.39, 0.29) is 17.1 Å². The van der Waals surface area contributed by atoms with Crippen LogP contribution >= 0.6 is 0 Å². The number of nitrogen functional groups attached to an aromatic ring is 1. The fourth-order valence-corrected chi connectivity index (χ4v) is 1.54. The second kappa shape index (κ2) is 5.20. The zero-order valence-corrected chi connectivity index (χ0v) is 10.1. The highest BCUT2D eigenvalue weighted by atomic mass is 19.4. The number of benzene rings is 1. The van der Waals surface area contributed by atoms with Crippen LogP contribution < -0.4 is 11.1 Å². The lowest BCUT2D eigenvalue weighted by Crippen LogP contribution is -2.13. The summed E-state index contributed by atoms with van der Waals surface area (Å²) in [5, 5.41) is 2.47. The lowest BCUT2D eigenvalue weighted by atomic mass is 10.2. The van der Waals surface area contributed by atoms with E-state index < -0.39 is 17.6 Å². The van der Waals surface area contributed by atoms with Gasteiger partial charge in [0.1, 0.15) is 5.82 Å². The molecule has 20 heavy (non-hydrogen) atoms. The molecular weight excluding hydrogens is 271 g/mol. The van der Waals surface area contributed by atoms with Crippen molar-refractivity contribution in [2.75, 3.05) is 11.1 Å². The number of nitrogens with zero attached hydrogens (tertiary/aromatic N) is 1. The summed E-state index contributed by atoms with van der Waals surface area (Å²) in [6.07, 6.45) is -3.03. The number of rotatable bonds is 2. The first-order chi connectivity index (χ1) is 9.36. The molecule has 0 fully saturated rings. The molecular formula is C13H10F3N3O. The minimum atomic E-state index is -4.40. The van der Waals surface area contributed by atoms with Gasteiger partial charge in [0.2, 0.25) is 0 Å². The number of nitrogens with two attached hydrogens (primary N) is 1. The highest BCUT2D eigenvalue weighted by Crippen LogP contribution is 2.29. The predicted octanol–water partition coefficient (Wildman–Crippen LogP) is 2.93. The summed E-state index contributed by atoms with van der Waals surface area (Å²) < 4.78 is 37.1. The standard InChI is InChI=1S/C13H10F3N3O/c14-13(15,16)9-1-3-10(4-2-9)19-12(20)8-5-6-18-11(17)7-8/h1-7H,(H2,17,18)(H,19,20). The first-order valence-corrected chi connectivity index (χ1v) is 5.56. The number of anilines is 2. The molecule has 4 nitrogen and oxygen atoms in total. The summed E-state index contributed by atoms with van der Waals surface area (Å²) in [6.45, 7) is 0. The van der Waals surface area contributed by atoms with Gasteiger partial charge in [0.25, 0.3) is 5.91 Å². The maximum absolute atomic E-state index is 12.4. The van der Waals surface area contributed by atoms with Gasteiger partial charge in [-0.1, -0.05) is 0 Å². The zero-order chi connectivity index (χ0) is 14.8. The Balaban J connectivity index is 2.12. The van der Waals surface area contributed by atoms with E-state index >= 15 is 0 Å². The number of amides is 1. The van der Waals surface area contributed by atoms with Gasteiger partial charge in [-0.3, -0.25) is 4.79 Å². The van der Waals surface area contributed by atoms with E-state index in [1.165, 1.54) is 30.5 Å². The summed E-state index contributed by atoms with van der Waals surface area (Å²) in [7, 11) is 0. The van der Waals surface area contributed by atoms with Gasteiger partial charge >= 0.3 is 6.18 Å². The van der Waals surface area contributed by atoms with E-state index in [0.717, 1.165) is 12.1 Å². The van der Waals surface area contributed by atoms with Crippen molar-refractivity contribution in [2.24, 2.45) is 0 Å². The van der Waals surface area contributed by atoms with Crippen LogP contribution in [0, 0.1) is 0 Å². The van der Waals surface area contributed by atoms with E-state index in [1.54, 1.807) is 0 Å². The van der Waals surface area contributed by atoms with Gasteiger partial charge in [0.05, 0.1) is 5.56 Å². The Morgan fingerprint density at radius 2 is 1.80 bits per heavy atom. The molecule has 0 unspecified atom stereocenters. The molecule has 0 spiro atoms. The number of nitrogens with one attached hydrogen (secondary N) is 1. The third-order valence-corrected chi connectivity index (χ3v) is 2.51. The maximum Gasteiger partial charge on any atom is 0.416 e. The van der Waals surface area contributed by atoms with Crippen molar-refractivity contribution >= 4 is 17.4 Å². The molecule has 0 bridgehead atoms. The van der Waals surface area contributed by atoms with Crippen molar-refractivity contribution in [3.63, 3.8) is 0 Å².